The number of rotatable bonds is 5. The maximum atomic E-state index is 12.2. The monoisotopic (exact) mass is 353 g/mol. The van der Waals surface area contributed by atoms with Crippen molar-refractivity contribution < 1.29 is 4.79 Å². The molecule has 2 aromatic heterocycles. The molecule has 2 heterocycles. The molecule has 0 spiro atoms. The van der Waals surface area contributed by atoms with Gasteiger partial charge in [-0.3, -0.25) is 9.89 Å². The first-order chi connectivity index (χ1) is 12.7. The van der Waals surface area contributed by atoms with E-state index in [-0.39, 0.29) is 5.91 Å². The highest BCUT2D eigenvalue weighted by atomic mass is 16.1. The molecular weight excluding hydrogens is 326 g/mol. The molecule has 138 valence electrons. The number of hydrogen-bond acceptors (Lipinski definition) is 4. The van der Waals surface area contributed by atoms with E-state index in [1.807, 2.05) is 0 Å². The van der Waals surface area contributed by atoms with Gasteiger partial charge in [-0.25, -0.2) is 9.97 Å². The summed E-state index contributed by atoms with van der Waals surface area (Å²) in [6.45, 7) is 2.46. The Morgan fingerprint density at radius 2 is 1.81 bits per heavy atom. The highest BCUT2D eigenvalue weighted by Gasteiger charge is 2.18. The minimum Gasteiger partial charge on any atom is -0.349 e. The number of nitrogens with one attached hydrogen (secondary N) is 2. The van der Waals surface area contributed by atoms with E-state index in [0.29, 0.717) is 19.4 Å². The lowest BCUT2D eigenvalue weighted by Crippen LogP contribution is -2.25. The zero-order valence-electron chi connectivity index (χ0n) is 15.5. The molecule has 26 heavy (non-hydrogen) atoms. The van der Waals surface area contributed by atoms with Crippen LogP contribution in [0.4, 0.5) is 0 Å². The van der Waals surface area contributed by atoms with Crippen molar-refractivity contribution in [2.24, 2.45) is 0 Å². The predicted octanol–water partition coefficient (Wildman–Crippen LogP) is 2.51. The van der Waals surface area contributed by atoms with Gasteiger partial charge in [0.15, 0.2) is 0 Å². The molecule has 0 bridgehead atoms. The first kappa shape index (κ1) is 17.2. The highest BCUT2D eigenvalue weighted by Crippen LogP contribution is 2.23. The first-order valence-electron chi connectivity index (χ1n) is 9.87. The Kier molecular flexibility index (Phi) is 5.00. The zero-order valence-corrected chi connectivity index (χ0v) is 15.5. The average Bonchev–Trinajstić information content (AvgIpc) is 3.08. The molecule has 0 radical (unpaired) electrons. The Bertz CT molecular complexity index is 811. The molecule has 6 heteroatoms. The van der Waals surface area contributed by atoms with E-state index < -0.39 is 0 Å². The third-order valence-electron chi connectivity index (χ3n) is 5.61. The summed E-state index contributed by atoms with van der Waals surface area (Å²) < 4.78 is 0. The van der Waals surface area contributed by atoms with Crippen molar-refractivity contribution in [2.45, 2.75) is 77.7 Å². The molecule has 0 saturated carbocycles. The molecular formula is C20H27N5O. The first-order valence-corrected chi connectivity index (χ1v) is 9.87. The van der Waals surface area contributed by atoms with Gasteiger partial charge in [-0.1, -0.05) is 0 Å². The van der Waals surface area contributed by atoms with Crippen LogP contribution in [0.15, 0.2) is 0 Å². The second-order valence-electron chi connectivity index (χ2n) is 7.47. The Balaban J connectivity index is 1.32. The normalized spacial score (nSPS) is 16.0. The molecule has 0 saturated heterocycles. The van der Waals surface area contributed by atoms with Crippen LogP contribution >= 0.6 is 0 Å². The van der Waals surface area contributed by atoms with Crippen LogP contribution in [-0.4, -0.2) is 26.1 Å². The lowest BCUT2D eigenvalue weighted by Gasteiger charge is -2.17. The topological polar surface area (TPSA) is 83.6 Å². The fourth-order valence-corrected chi connectivity index (χ4v) is 4.18. The fraction of sp³-hybridized carbons (Fsp3) is 0.600. The van der Waals surface area contributed by atoms with Crippen molar-refractivity contribution >= 4 is 5.91 Å². The molecule has 1 amide bonds. The van der Waals surface area contributed by atoms with Crippen molar-refractivity contribution in [3.8, 4) is 0 Å². The molecule has 2 aliphatic carbocycles. The summed E-state index contributed by atoms with van der Waals surface area (Å²) in [5.41, 5.74) is 7.24. The second kappa shape index (κ2) is 7.56. The Hall–Kier alpha value is -2.24. The maximum Gasteiger partial charge on any atom is 0.220 e. The summed E-state index contributed by atoms with van der Waals surface area (Å²) in [5.74, 6) is 0.769. The van der Waals surface area contributed by atoms with Crippen molar-refractivity contribution in [1.29, 1.82) is 0 Å². The summed E-state index contributed by atoms with van der Waals surface area (Å²) in [6.07, 6.45) is 10.3. The van der Waals surface area contributed by atoms with E-state index >= 15 is 0 Å². The minimum absolute atomic E-state index is 0.0385. The molecule has 2 aromatic rings. The Morgan fingerprint density at radius 3 is 2.69 bits per heavy atom. The van der Waals surface area contributed by atoms with Gasteiger partial charge in [-0.15, -0.1) is 0 Å². The molecule has 0 fully saturated rings. The number of fused-ring (bicyclic) bond motifs is 2. The quantitative estimate of drug-likeness (QED) is 0.865. The Morgan fingerprint density at radius 1 is 1.04 bits per heavy atom. The number of carbonyl (C=O) groups excluding carboxylic acids is 1. The number of aromatic nitrogens is 4. The van der Waals surface area contributed by atoms with Crippen molar-refractivity contribution in [1.82, 2.24) is 25.5 Å². The standard InChI is InChI=1S/C20H27N5O/c1-13-14-6-2-4-8-16(14)23-19(22-13)12-21-20(26)11-10-18-15-7-3-5-9-17(15)24-25-18/h2-12H2,1H3,(H,21,26)(H,24,25). The van der Waals surface area contributed by atoms with Gasteiger partial charge in [0.2, 0.25) is 5.91 Å². The van der Waals surface area contributed by atoms with Gasteiger partial charge in [0, 0.05) is 29.9 Å². The van der Waals surface area contributed by atoms with Crippen LogP contribution in [0.1, 0.15) is 71.8 Å². The second-order valence-corrected chi connectivity index (χ2v) is 7.47. The van der Waals surface area contributed by atoms with Gasteiger partial charge >= 0.3 is 0 Å². The van der Waals surface area contributed by atoms with E-state index in [9.17, 15) is 4.79 Å². The number of carbonyl (C=O) groups is 1. The maximum absolute atomic E-state index is 12.2. The summed E-state index contributed by atoms with van der Waals surface area (Å²) in [5, 5.41) is 10.5. The summed E-state index contributed by atoms with van der Waals surface area (Å²) >= 11 is 0. The molecule has 0 aliphatic heterocycles. The van der Waals surface area contributed by atoms with E-state index in [4.69, 9.17) is 0 Å². The minimum atomic E-state index is 0.0385. The van der Waals surface area contributed by atoms with Crippen LogP contribution in [0.2, 0.25) is 0 Å². The molecule has 0 aromatic carbocycles. The molecule has 6 nitrogen and oxygen atoms in total. The van der Waals surface area contributed by atoms with E-state index in [1.165, 1.54) is 48.2 Å². The number of amides is 1. The SMILES string of the molecule is Cc1nc(CNC(=O)CCc2n[nH]c3c2CCCC3)nc2c1CCCC2. The van der Waals surface area contributed by atoms with E-state index in [2.05, 4.69) is 32.4 Å². The number of aryl methyl sites for hydroxylation is 4. The van der Waals surface area contributed by atoms with Gasteiger partial charge < -0.3 is 5.32 Å². The number of hydrogen-bond donors (Lipinski definition) is 2. The molecule has 0 atom stereocenters. The highest BCUT2D eigenvalue weighted by molar-refractivity contribution is 5.76. The van der Waals surface area contributed by atoms with Crippen LogP contribution in [0.25, 0.3) is 0 Å². The lowest BCUT2D eigenvalue weighted by molar-refractivity contribution is -0.121. The number of aromatic amines is 1. The fourth-order valence-electron chi connectivity index (χ4n) is 4.18. The molecule has 4 rings (SSSR count). The average molecular weight is 353 g/mol. The summed E-state index contributed by atoms with van der Waals surface area (Å²) in [4.78, 5) is 21.5. The Labute approximate surface area is 154 Å². The molecule has 2 aliphatic rings. The van der Waals surface area contributed by atoms with Crippen LogP contribution in [0.5, 0.6) is 0 Å². The van der Waals surface area contributed by atoms with Gasteiger partial charge in [0.1, 0.15) is 5.82 Å². The van der Waals surface area contributed by atoms with Gasteiger partial charge in [0.05, 0.1) is 12.2 Å². The van der Waals surface area contributed by atoms with E-state index in [1.54, 1.807) is 0 Å². The predicted molar refractivity (Wildman–Crippen MR) is 98.8 cm³/mol. The number of nitrogens with zero attached hydrogens (tertiary/aromatic N) is 3. The van der Waals surface area contributed by atoms with Crippen LogP contribution in [-0.2, 0) is 43.4 Å². The van der Waals surface area contributed by atoms with Crippen molar-refractivity contribution in [3.05, 3.63) is 39.7 Å². The van der Waals surface area contributed by atoms with Crippen LogP contribution < -0.4 is 5.32 Å². The van der Waals surface area contributed by atoms with Crippen LogP contribution in [0, 0.1) is 6.92 Å². The number of H-pyrrole nitrogens is 1. The largest absolute Gasteiger partial charge is 0.349 e. The molecule has 2 N–H and O–H groups in total. The zero-order chi connectivity index (χ0) is 17.9. The third kappa shape index (κ3) is 3.64. The van der Waals surface area contributed by atoms with Gasteiger partial charge in [0.25, 0.3) is 0 Å². The van der Waals surface area contributed by atoms with Crippen LogP contribution in [0.3, 0.4) is 0 Å². The van der Waals surface area contributed by atoms with Gasteiger partial charge in [-0.05, 0) is 69.4 Å². The lowest BCUT2D eigenvalue weighted by atomic mass is 9.94. The summed E-state index contributed by atoms with van der Waals surface area (Å²) in [7, 11) is 0. The van der Waals surface area contributed by atoms with E-state index in [0.717, 1.165) is 42.9 Å². The molecule has 0 unspecified atom stereocenters. The van der Waals surface area contributed by atoms with Gasteiger partial charge in [-0.2, -0.15) is 5.10 Å². The van der Waals surface area contributed by atoms with Crippen molar-refractivity contribution in [2.75, 3.05) is 0 Å². The van der Waals surface area contributed by atoms with Crippen molar-refractivity contribution in [3.63, 3.8) is 0 Å². The smallest absolute Gasteiger partial charge is 0.220 e. The summed E-state index contributed by atoms with van der Waals surface area (Å²) in [6, 6.07) is 0. The third-order valence-corrected chi connectivity index (χ3v) is 5.61.